The minimum atomic E-state index is -3.50. The van der Waals surface area contributed by atoms with Crippen LogP contribution < -0.4 is 20.3 Å². The van der Waals surface area contributed by atoms with Crippen LogP contribution in [0.15, 0.2) is 23.1 Å². The van der Waals surface area contributed by atoms with Crippen LogP contribution in [-0.2, 0) is 14.6 Å². The van der Waals surface area contributed by atoms with Crippen molar-refractivity contribution in [3.05, 3.63) is 23.8 Å². The molecule has 2 unspecified atom stereocenters. The van der Waals surface area contributed by atoms with E-state index in [1.165, 1.54) is 14.2 Å². The number of ether oxygens (including phenoxy) is 2. The van der Waals surface area contributed by atoms with Gasteiger partial charge in [-0.25, -0.2) is 13.8 Å². The van der Waals surface area contributed by atoms with Crippen LogP contribution in [0, 0.1) is 5.92 Å². The number of methoxy groups -OCH3 is 2. The Morgan fingerprint density at radius 1 is 1.24 bits per heavy atom. The molecule has 0 saturated carbocycles. The Hall–Kier alpha value is -2.06. The molecular weight excluding hydrogens is 344 g/mol. The molecule has 1 amide bonds. The molecule has 0 radical (unpaired) electrons. The Morgan fingerprint density at radius 2 is 1.80 bits per heavy atom. The number of carbonyl (C=O) groups is 1. The Kier molecular flexibility index (Phi) is 5.74. The van der Waals surface area contributed by atoms with Gasteiger partial charge in [-0.1, -0.05) is 13.0 Å². The fourth-order valence-corrected chi connectivity index (χ4v) is 3.84. The van der Waals surface area contributed by atoms with Gasteiger partial charge in [-0.05, 0) is 36.1 Å². The van der Waals surface area contributed by atoms with E-state index in [2.05, 4.69) is 10.9 Å². The van der Waals surface area contributed by atoms with Crippen molar-refractivity contribution in [2.24, 2.45) is 5.92 Å². The van der Waals surface area contributed by atoms with E-state index in [1.54, 1.807) is 12.1 Å². The van der Waals surface area contributed by atoms with Gasteiger partial charge in [0, 0.05) is 18.7 Å². The molecule has 1 fully saturated rings. The topological polar surface area (TPSA) is 93.7 Å². The number of hydrogen-bond acceptors (Lipinski definition) is 6. The summed E-state index contributed by atoms with van der Waals surface area (Å²) in [5, 5.41) is 0. The van der Waals surface area contributed by atoms with Gasteiger partial charge in [0.1, 0.15) is 11.5 Å². The van der Waals surface area contributed by atoms with Gasteiger partial charge in [-0.2, -0.15) is 0 Å². The number of benzene rings is 1. The molecule has 2 N–H and O–H groups in total. The average molecular weight is 368 g/mol. The number of hydrogen-bond donors (Lipinski definition) is 2. The van der Waals surface area contributed by atoms with Crippen molar-refractivity contribution < 1.29 is 22.7 Å². The van der Waals surface area contributed by atoms with E-state index < -0.39 is 9.84 Å². The van der Waals surface area contributed by atoms with Crippen molar-refractivity contribution in [2.75, 3.05) is 20.5 Å². The summed E-state index contributed by atoms with van der Waals surface area (Å²) in [6, 6.07) is 3.33. The van der Waals surface area contributed by atoms with E-state index >= 15 is 0 Å². The third-order valence-corrected chi connectivity index (χ3v) is 5.36. The normalized spacial score (nSPS) is 21.6. The SMILES string of the molecule is COc1cc(/C(C)=C/C2NNC(=O)CC2C)cc(OC)c1S(C)(=O)=O. The lowest BCUT2D eigenvalue weighted by Crippen LogP contribution is -2.52. The van der Waals surface area contributed by atoms with Gasteiger partial charge in [0.2, 0.25) is 5.91 Å². The summed E-state index contributed by atoms with van der Waals surface area (Å²) in [5.74, 6) is 0.587. The molecular formula is C17H24N2O5S. The summed E-state index contributed by atoms with van der Waals surface area (Å²) in [6.07, 6.45) is 3.56. The van der Waals surface area contributed by atoms with Crippen LogP contribution in [0.25, 0.3) is 5.57 Å². The monoisotopic (exact) mass is 368 g/mol. The smallest absolute Gasteiger partial charge is 0.234 e. The maximum Gasteiger partial charge on any atom is 0.234 e. The Balaban J connectivity index is 2.45. The molecule has 1 heterocycles. The number of sulfone groups is 1. The fourth-order valence-electron chi connectivity index (χ4n) is 2.82. The summed E-state index contributed by atoms with van der Waals surface area (Å²) in [6.45, 7) is 3.91. The minimum Gasteiger partial charge on any atom is -0.495 e. The molecule has 2 rings (SSSR count). The molecule has 1 saturated heterocycles. The van der Waals surface area contributed by atoms with E-state index in [0.717, 1.165) is 17.4 Å². The van der Waals surface area contributed by atoms with Crippen molar-refractivity contribution in [2.45, 2.75) is 31.2 Å². The molecule has 7 nitrogen and oxygen atoms in total. The second-order valence-corrected chi connectivity index (χ2v) is 8.18. The summed E-state index contributed by atoms with van der Waals surface area (Å²) >= 11 is 0. The second kappa shape index (κ2) is 7.45. The number of nitrogens with one attached hydrogen (secondary N) is 2. The molecule has 138 valence electrons. The van der Waals surface area contributed by atoms with Gasteiger partial charge in [0.15, 0.2) is 14.7 Å². The third kappa shape index (κ3) is 4.32. The lowest BCUT2D eigenvalue weighted by atomic mass is 9.93. The zero-order valence-electron chi connectivity index (χ0n) is 15.0. The number of rotatable bonds is 5. The van der Waals surface area contributed by atoms with Gasteiger partial charge in [0.05, 0.1) is 14.2 Å². The molecule has 0 spiro atoms. The highest BCUT2D eigenvalue weighted by molar-refractivity contribution is 7.91. The highest BCUT2D eigenvalue weighted by Gasteiger charge is 2.25. The maximum absolute atomic E-state index is 12.0. The molecule has 1 aromatic carbocycles. The summed E-state index contributed by atoms with van der Waals surface area (Å²) in [5.41, 5.74) is 7.31. The van der Waals surface area contributed by atoms with Crippen LogP contribution in [0.4, 0.5) is 0 Å². The van der Waals surface area contributed by atoms with Gasteiger partial charge in [-0.15, -0.1) is 0 Å². The van der Waals surface area contributed by atoms with Crippen LogP contribution in [-0.4, -0.2) is 40.8 Å². The molecule has 8 heteroatoms. The van der Waals surface area contributed by atoms with Crippen LogP contribution in [0.1, 0.15) is 25.8 Å². The second-order valence-electron chi connectivity index (χ2n) is 6.23. The Bertz CT molecular complexity index is 776. The summed E-state index contributed by atoms with van der Waals surface area (Å²) in [7, 11) is -0.656. The first-order valence-corrected chi connectivity index (χ1v) is 9.75. The average Bonchev–Trinajstić information content (AvgIpc) is 2.55. The number of amides is 1. The zero-order chi connectivity index (χ0) is 18.8. The highest BCUT2D eigenvalue weighted by atomic mass is 32.2. The first kappa shape index (κ1) is 19.3. The van der Waals surface area contributed by atoms with E-state index in [9.17, 15) is 13.2 Å². The molecule has 25 heavy (non-hydrogen) atoms. The van der Waals surface area contributed by atoms with Gasteiger partial charge < -0.3 is 9.47 Å². The molecule has 1 aliphatic rings. The van der Waals surface area contributed by atoms with E-state index in [-0.39, 0.29) is 34.3 Å². The van der Waals surface area contributed by atoms with Gasteiger partial charge in [0.25, 0.3) is 0 Å². The van der Waals surface area contributed by atoms with Crippen LogP contribution >= 0.6 is 0 Å². The van der Waals surface area contributed by atoms with Crippen molar-refractivity contribution >= 4 is 21.3 Å². The molecule has 2 atom stereocenters. The molecule has 0 aliphatic carbocycles. The number of carbonyl (C=O) groups excluding carboxylic acids is 1. The lowest BCUT2D eigenvalue weighted by molar-refractivity contribution is -0.125. The van der Waals surface area contributed by atoms with Crippen molar-refractivity contribution in [3.63, 3.8) is 0 Å². The molecule has 1 aromatic rings. The third-order valence-electron chi connectivity index (χ3n) is 4.21. The summed E-state index contributed by atoms with van der Waals surface area (Å²) < 4.78 is 34.6. The lowest BCUT2D eigenvalue weighted by Gasteiger charge is -2.28. The number of allylic oxidation sites excluding steroid dienone is 1. The predicted molar refractivity (Wildman–Crippen MR) is 95.2 cm³/mol. The quantitative estimate of drug-likeness (QED) is 0.819. The molecule has 0 aromatic heterocycles. The predicted octanol–water partition coefficient (Wildman–Crippen LogP) is 1.54. The van der Waals surface area contributed by atoms with Crippen LogP contribution in [0.3, 0.4) is 0 Å². The number of hydrazine groups is 1. The summed E-state index contributed by atoms with van der Waals surface area (Å²) in [4.78, 5) is 11.4. The van der Waals surface area contributed by atoms with E-state index in [0.29, 0.717) is 6.42 Å². The maximum atomic E-state index is 12.0. The molecule has 0 bridgehead atoms. The standard InChI is InChI=1S/C17H24N2O5S/c1-10(6-13-11(2)7-16(20)19-18-13)12-8-14(23-3)17(25(5,21)22)15(9-12)24-4/h6,8-9,11,13,18H,7H2,1-5H3,(H,19,20)/b10-6+. The van der Waals surface area contributed by atoms with Gasteiger partial charge >= 0.3 is 0 Å². The van der Waals surface area contributed by atoms with Gasteiger partial charge in [-0.3, -0.25) is 10.2 Å². The van der Waals surface area contributed by atoms with Crippen LogP contribution in [0.2, 0.25) is 0 Å². The highest BCUT2D eigenvalue weighted by Crippen LogP contribution is 2.37. The largest absolute Gasteiger partial charge is 0.495 e. The zero-order valence-corrected chi connectivity index (χ0v) is 15.9. The first-order valence-electron chi connectivity index (χ1n) is 7.86. The Labute approximate surface area is 148 Å². The van der Waals surface area contributed by atoms with E-state index in [4.69, 9.17) is 9.47 Å². The Morgan fingerprint density at radius 3 is 2.24 bits per heavy atom. The van der Waals surface area contributed by atoms with Crippen molar-refractivity contribution in [1.82, 2.24) is 10.9 Å². The minimum absolute atomic E-state index is 0.0238. The van der Waals surface area contributed by atoms with Crippen molar-refractivity contribution in [3.8, 4) is 11.5 Å². The van der Waals surface area contributed by atoms with Crippen molar-refractivity contribution in [1.29, 1.82) is 0 Å². The van der Waals surface area contributed by atoms with E-state index in [1.807, 2.05) is 19.9 Å². The molecule has 1 aliphatic heterocycles. The fraction of sp³-hybridized carbons (Fsp3) is 0.471. The van der Waals surface area contributed by atoms with Crippen LogP contribution in [0.5, 0.6) is 11.5 Å². The first-order chi connectivity index (χ1) is 11.7.